The molecule has 0 saturated heterocycles. The van der Waals surface area contributed by atoms with Crippen LogP contribution < -0.4 is 0 Å². The normalized spacial score (nSPS) is 11.7. The Morgan fingerprint density at radius 2 is 1.88 bits per heavy atom. The Morgan fingerprint density at radius 3 is 2.53 bits per heavy atom. The molecule has 1 N–H and O–H groups in total. The van der Waals surface area contributed by atoms with E-state index in [0.717, 1.165) is 18.4 Å². The van der Waals surface area contributed by atoms with E-state index in [1.807, 2.05) is 0 Å². The summed E-state index contributed by atoms with van der Waals surface area (Å²) >= 11 is 5.77. The van der Waals surface area contributed by atoms with Crippen LogP contribution in [0.4, 0.5) is 0 Å². The summed E-state index contributed by atoms with van der Waals surface area (Å²) in [5, 5.41) is 10.5. The van der Waals surface area contributed by atoms with Crippen molar-refractivity contribution in [2.75, 3.05) is 0 Å². The van der Waals surface area contributed by atoms with Gasteiger partial charge in [0.1, 0.15) is 6.10 Å². The highest BCUT2D eigenvalue weighted by Crippen LogP contribution is 2.15. The number of benzene rings is 1. The van der Waals surface area contributed by atoms with Crippen molar-refractivity contribution in [3.63, 3.8) is 0 Å². The van der Waals surface area contributed by atoms with Gasteiger partial charge in [-0.25, -0.2) is 0 Å². The molecule has 1 rings (SSSR count). The second-order valence-electron chi connectivity index (χ2n) is 4.09. The van der Waals surface area contributed by atoms with E-state index >= 15 is 0 Å². The molecule has 1 aromatic rings. The van der Waals surface area contributed by atoms with E-state index in [1.165, 1.54) is 19.3 Å². The number of rotatable bonds is 5. The lowest BCUT2D eigenvalue weighted by molar-refractivity contribution is 0.238. The number of aliphatic hydroxyl groups is 1. The molecule has 1 atom stereocenters. The van der Waals surface area contributed by atoms with Gasteiger partial charge < -0.3 is 5.11 Å². The van der Waals surface area contributed by atoms with Crippen molar-refractivity contribution in [2.24, 2.45) is 0 Å². The largest absolute Gasteiger partial charge is 0.376 e. The van der Waals surface area contributed by atoms with E-state index in [0.29, 0.717) is 5.02 Å². The van der Waals surface area contributed by atoms with Crippen LogP contribution in [0.1, 0.15) is 50.7 Å². The molecule has 0 aliphatic carbocycles. The van der Waals surface area contributed by atoms with E-state index in [4.69, 9.17) is 11.6 Å². The summed E-state index contributed by atoms with van der Waals surface area (Å²) in [6.45, 7) is 2.19. The predicted octanol–water partition coefficient (Wildman–Crippen LogP) is 4.35. The Bertz CT molecular complexity index is 372. The lowest BCUT2D eigenvalue weighted by Gasteiger charge is -2.02. The van der Waals surface area contributed by atoms with Gasteiger partial charge in [-0.3, -0.25) is 0 Å². The maximum Gasteiger partial charge on any atom is 0.140 e. The predicted molar refractivity (Wildman–Crippen MR) is 72.9 cm³/mol. The fraction of sp³-hybridized carbons (Fsp3) is 0.467. The van der Waals surface area contributed by atoms with Gasteiger partial charge in [-0.15, -0.1) is 5.92 Å². The Hall–Kier alpha value is -0.970. The van der Waals surface area contributed by atoms with E-state index in [1.54, 1.807) is 24.3 Å². The molecule has 0 bridgehead atoms. The molecular formula is C15H19ClO. The maximum absolute atomic E-state index is 9.80. The molecule has 0 spiro atoms. The van der Waals surface area contributed by atoms with Crippen molar-refractivity contribution >= 4 is 11.6 Å². The molecule has 0 saturated carbocycles. The van der Waals surface area contributed by atoms with Gasteiger partial charge in [-0.1, -0.05) is 55.8 Å². The number of halogens is 1. The Labute approximate surface area is 109 Å². The summed E-state index contributed by atoms with van der Waals surface area (Å²) in [7, 11) is 0. The molecule has 1 aromatic carbocycles. The Balaban J connectivity index is 2.36. The molecule has 0 aliphatic rings. The van der Waals surface area contributed by atoms with Gasteiger partial charge >= 0.3 is 0 Å². The van der Waals surface area contributed by atoms with Gasteiger partial charge in [0.15, 0.2) is 0 Å². The van der Waals surface area contributed by atoms with Crippen LogP contribution >= 0.6 is 11.6 Å². The van der Waals surface area contributed by atoms with E-state index in [2.05, 4.69) is 18.8 Å². The van der Waals surface area contributed by atoms with Crippen LogP contribution in [0.5, 0.6) is 0 Å². The van der Waals surface area contributed by atoms with Crippen molar-refractivity contribution in [1.82, 2.24) is 0 Å². The van der Waals surface area contributed by atoms with Crippen molar-refractivity contribution in [3.8, 4) is 11.8 Å². The van der Waals surface area contributed by atoms with Crippen LogP contribution in [0.2, 0.25) is 5.02 Å². The Kier molecular flexibility index (Phi) is 6.77. The van der Waals surface area contributed by atoms with Crippen LogP contribution in [-0.4, -0.2) is 5.11 Å². The van der Waals surface area contributed by atoms with Gasteiger partial charge in [0, 0.05) is 11.4 Å². The highest BCUT2D eigenvalue weighted by Gasteiger charge is 2.01. The molecule has 0 radical (unpaired) electrons. The third-order valence-electron chi connectivity index (χ3n) is 2.58. The van der Waals surface area contributed by atoms with Crippen LogP contribution in [0.15, 0.2) is 24.3 Å². The first-order valence-corrected chi connectivity index (χ1v) is 6.53. The molecule has 17 heavy (non-hydrogen) atoms. The Morgan fingerprint density at radius 1 is 1.18 bits per heavy atom. The monoisotopic (exact) mass is 250 g/mol. The standard InChI is InChI=1S/C15H19ClO/c1-2-3-4-5-6-7-8-15(17)13-9-11-14(16)12-10-13/h9-12,15,17H,2-6H2,1H3. The third kappa shape index (κ3) is 5.77. The summed E-state index contributed by atoms with van der Waals surface area (Å²) in [5.74, 6) is 5.88. The molecule has 1 unspecified atom stereocenters. The highest BCUT2D eigenvalue weighted by molar-refractivity contribution is 6.30. The third-order valence-corrected chi connectivity index (χ3v) is 2.83. The zero-order valence-electron chi connectivity index (χ0n) is 10.2. The average Bonchev–Trinajstić information content (AvgIpc) is 2.34. The number of unbranched alkanes of at least 4 members (excludes halogenated alkanes) is 4. The molecule has 0 fully saturated rings. The summed E-state index contributed by atoms with van der Waals surface area (Å²) in [6, 6.07) is 7.14. The fourth-order valence-electron chi connectivity index (χ4n) is 1.54. The number of hydrogen-bond acceptors (Lipinski definition) is 1. The summed E-state index contributed by atoms with van der Waals surface area (Å²) in [4.78, 5) is 0. The van der Waals surface area contributed by atoms with Crippen molar-refractivity contribution < 1.29 is 5.11 Å². The van der Waals surface area contributed by atoms with Gasteiger partial charge in [-0.2, -0.15) is 0 Å². The average molecular weight is 251 g/mol. The molecule has 1 nitrogen and oxygen atoms in total. The first kappa shape index (κ1) is 14.1. The second kappa shape index (κ2) is 8.17. The molecule has 2 heteroatoms. The van der Waals surface area contributed by atoms with E-state index < -0.39 is 6.10 Å². The maximum atomic E-state index is 9.80. The molecule has 92 valence electrons. The highest BCUT2D eigenvalue weighted by atomic mass is 35.5. The SMILES string of the molecule is CCCCCCC#CC(O)c1ccc(Cl)cc1. The summed E-state index contributed by atoms with van der Waals surface area (Å²) in [5.41, 5.74) is 0.801. The van der Waals surface area contributed by atoms with Crippen molar-refractivity contribution in [2.45, 2.75) is 45.1 Å². The number of aliphatic hydroxyl groups excluding tert-OH is 1. The van der Waals surface area contributed by atoms with Crippen molar-refractivity contribution in [3.05, 3.63) is 34.9 Å². The summed E-state index contributed by atoms with van der Waals surface area (Å²) in [6.07, 6.45) is 5.02. The molecular weight excluding hydrogens is 232 g/mol. The minimum absolute atomic E-state index is 0.675. The smallest absolute Gasteiger partial charge is 0.140 e. The molecule has 0 aromatic heterocycles. The zero-order chi connectivity index (χ0) is 12.5. The fourth-order valence-corrected chi connectivity index (χ4v) is 1.66. The van der Waals surface area contributed by atoms with Gasteiger partial charge in [0.25, 0.3) is 0 Å². The van der Waals surface area contributed by atoms with Crippen LogP contribution in [0.25, 0.3) is 0 Å². The molecule has 0 amide bonds. The van der Waals surface area contributed by atoms with Crippen LogP contribution in [0.3, 0.4) is 0 Å². The molecule has 0 aliphatic heterocycles. The minimum atomic E-state index is -0.696. The van der Waals surface area contributed by atoms with Crippen molar-refractivity contribution in [1.29, 1.82) is 0 Å². The van der Waals surface area contributed by atoms with Gasteiger partial charge in [-0.05, 0) is 24.1 Å². The zero-order valence-corrected chi connectivity index (χ0v) is 11.0. The van der Waals surface area contributed by atoms with E-state index in [-0.39, 0.29) is 0 Å². The summed E-state index contributed by atoms with van der Waals surface area (Å²) < 4.78 is 0. The van der Waals surface area contributed by atoms with Gasteiger partial charge in [0.2, 0.25) is 0 Å². The van der Waals surface area contributed by atoms with E-state index in [9.17, 15) is 5.11 Å². The quantitative estimate of drug-likeness (QED) is 0.609. The molecule has 0 heterocycles. The first-order chi connectivity index (χ1) is 8.24. The topological polar surface area (TPSA) is 20.2 Å². The number of hydrogen-bond donors (Lipinski definition) is 1. The minimum Gasteiger partial charge on any atom is -0.376 e. The van der Waals surface area contributed by atoms with Gasteiger partial charge in [0.05, 0.1) is 0 Å². The second-order valence-corrected chi connectivity index (χ2v) is 4.52. The lowest BCUT2D eigenvalue weighted by atomic mass is 10.1. The van der Waals surface area contributed by atoms with Crippen LogP contribution in [-0.2, 0) is 0 Å². The van der Waals surface area contributed by atoms with Crippen LogP contribution in [0, 0.1) is 11.8 Å². The lowest BCUT2D eigenvalue weighted by Crippen LogP contribution is -1.92. The first-order valence-electron chi connectivity index (χ1n) is 6.16.